The van der Waals surface area contributed by atoms with E-state index in [-0.39, 0.29) is 29.0 Å². The third-order valence-corrected chi connectivity index (χ3v) is 11.6. The second kappa shape index (κ2) is 10.4. The van der Waals surface area contributed by atoms with E-state index in [1.165, 1.54) is 23.6 Å². The second-order valence-electron chi connectivity index (χ2n) is 12.9. The Morgan fingerprint density at radius 2 is 1.81 bits per heavy atom. The second-order valence-corrected chi connectivity index (χ2v) is 13.7. The van der Waals surface area contributed by atoms with Crippen LogP contribution < -0.4 is 15.2 Å². The molecule has 1 amide bonds. The molecule has 10 rings (SSSR count). The Bertz CT molecular complexity index is 2110. The summed E-state index contributed by atoms with van der Waals surface area (Å²) in [5.41, 5.74) is 2.07. The topological polar surface area (TPSA) is 90.3 Å². The fourth-order valence-corrected chi connectivity index (χ4v) is 9.80. The minimum atomic E-state index is -3.45. The van der Waals surface area contributed by atoms with Gasteiger partial charge in [0.15, 0.2) is 5.69 Å². The van der Waals surface area contributed by atoms with Gasteiger partial charge in [-0.15, -0.1) is 11.3 Å². The van der Waals surface area contributed by atoms with Crippen LogP contribution in [0.4, 0.5) is 18.0 Å². The van der Waals surface area contributed by atoms with Gasteiger partial charge in [-0.05, 0) is 65.3 Å². The molecule has 0 N–H and O–H groups in total. The summed E-state index contributed by atoms with van der Waals surface area (Å²) in [5.74, 6) is -5.10. The van der Waals surface area contributed by atoms with Crippen molar-refractivity contribution in [3.63, 3.8) is 0 Å². The van der Waals surface area contributed by atoms with Crippen LogP contribution in [0.5, 0.6) is 5.75 Å². The summed E-state index contributed by atoms with van der Waals surface area (Å²) in [4.78, 5) is 42.1. The number of hydrogen-bond acceptors (Lipinski definition) is 8. The lowest BCUT2D eigenvalue weighted by molar-refractivity contribution is -0.0259. The largest absolute Gasteiger partial charge is 0.510 e. The van der Waals surface area contributed by atoms with Gasteiger partial charge in [0.1, 0.15) is 12.0 Å². The van der Waals surface area contributed by atoms with Crippen molar-refractivity contribution in [2.45, 2.75) is 56.3 Å². The van der Waals surface area contributed by atoms with Gasteiger partial charge in [-0.1, -0.05) is 30.3 Å². The van der Waals surface area contributed by atoms with Crippen molar-refractivity contribution in [2.24, 2.45) is 5.92 Å². The number of halogens is 3. The van der Waals surface area contributed by atoms with Crippen LogP contribution >= 0.6 is 11.3 Å². The highest BCUT2D eigenvalue weighted by molar-refractivity contribution is 7.14. The van der Waals surface area contributed by atoms with Gasteiger partial charge in [0.05, 0.1) is 18.7 Å². The summed E-state index contributed by atoms with van der Waals surface area (Å²) in [6.45, 7) is -0.683. The minimum absolute atomic E-state index is 0.0383. The molecule has 2 unspecified atom stereocenters. The number of fused-ring (bicyclic) bond motifs is 5. The van der Waals surface area contributed by atoms with Crippen molar-refractivity contribution in [1.29, 1.82) is 0 Å². The first-order valence-electron chi connectivity index (χ1n) is 15.8. The third kappa shape index (κ3) is 3.93. The molecule has 6 aliphatic rings. The molecule has 4 aromatic rings. The van der Waals surface area contributed by atoms with Crippen LogP contribution in [-0.2, 0) is 21.8 Å². The number of thiophene rings is 1. The molecule has 0 radical (unpaired) electrons. The van der Waals surface area contributed by atoms with Crippen LogP contribution in [0.1, 0.15) is 64.5 Å². The van der Waals surface area contributed by atoms with E-state index in [0.29, 0.717) is 16.7 Å². The van der Waals surface area contributed by atoms with Gasteiger partial charge in [0.25, 0.3) is 11.8 Å². The average molecular weight is 676 g/mol. The number of nitrogens with zero attached hydrogens (tertiary/aromatic N) is 3. The van der Waals surface area contributed by atoms with E-state index in [1.807, 2.05) is 29.3 Å². The zero-order valence-corrected chi connectivity index (χ0v) is 26.4. The number of carbonyl (C=O) groups excluding carboxylic acids is 2. The lowest BCUT2D eigenvalue weighted by atomic mass is 9.75. The van der Waals surface area contributed by atoms with E-state index in [9.17, 15) is 14.4 Å². The highest BCUT2D eigenvalue weighted by Gasteiger charge is 2.55. The summed E-state index contributed by atoms with van der Waals surface area (Å²) in [7, 11) is 1.13. The van der Waals surface area contributed by atoms with E-state index in [1.54, 1.807) is 21.0 Å². The number of piperidine rings is 2. The first-order valence-corrected chi connectivity index (χ1v) is 16.7. The molecule has 2 bridgehead atoms. The number of alkyl halides is 2. The monoisotopic (exact) mass is 675 g/mol. The summed E-state index contributed by atoms with van der Waals surface area (Å²) < 4.78 is 64.3. The molecule has 2 saturated heterocycles. The molecule has 3 fully saturated rings. The minimum Gasteiger partial charge on any atom is -0.451 e. The first-order chi connectivity index (χ1) is 23.2. The van der Waals surface area contributed by atoms with Gasteiger partial charge in [0, 0.05) is 40.7 Å². The number of hydrogen-bond donors (Lipinski definition) is 0. The van der Waals surface area contributed by atoms with Crippen LogP contribution in [0.25, 0.3) is 21.6 Å². The van der Waals surface area contributed by atoms with Crippen LogP contribution in [0, 0.1) is 11.7 Å². The van der Waals surface area contributed by atoms with Crippen LogP contribution in [0.3, 0.4) is 0 Å². The van der Waals surface area contributed by atoms with Crippen molar-refractivity contribution in [3.05, 3.63) is 98.0 Å². The first kappa shape index (κ1) is 29.4. The van der Waals surface area contributed by atoms with Crippen molar-refractivity contribution in [1.82, 2.24) is 9.58 Å². The Morgan fingerprint density at radius 1 is 1.02 bits per heavy atom. The van der Waals surface area contributed by atoms with E-state index in [4.69, 9.17) is 9.47 Å². The lowest BCUT2D eigenvalue weighted by Gasteiger charge is -2.60. The van der Waals surface area contributed by atoms with Crippen molar-refractivity contribution in [2.75, 3.05) is 18.9 Å². The Balaban J connectivity index is 1.34. The Kier molecular flexibility index (Phi) is 6.34. The third-order valence-electron chi connectivity index (χ3n) is 10.5. The standard InChI is InChI=1S/C35H28F3N3O6S/c1-45-34(44)47-16-46-30-24(42)12-13-39-29(30)33(43)40-19-8-6-17(7-9-19)32(40)41(39)28-20-4-2-3-5-21(20)31-25-18(15-48-31)14-35(37,38)27-23(36)11-10-22(28)26(25)27/h2-5,10-13,15,17,19,28,32H,6-9,14,16H2,1H3. The fourth-order valence-electron chi connectivity index (χ4n) is 8.68. The van der Waals surface area contributed by atoms with Gasteiger partial charge < -0.3 is 19.1 Å². The molecule has 3 aliphatic heterocycles. The quantitative estimate of drug-likeness (QED) is 0.179. The molecule has 5 heterocycles. The van der Waals surface area contributed by atoms with Gasteiger partial charge in [-0.25, -0.2) is 18.0 Å². The average Bonchev–Trinajstić information content (AvgIpc) is 3.45. The lowest BCUT2D eigenvalue weighted by Crippen LogP contribution is -2.70. The van der Waals surface area contributed by atoms with E-state index < -0.39 is 60.2 Å². The molecule has 1 saturated carbocycles. The number of benzene rings is 2. The zero-order chi connectivity index (χ0) is 33.1. The Hall–Kier alpha value is -4.78. The van der Waals surface area contributed by atoms with Crippen LogP contribution in [0.15, 0.2) is 58.8 Å². The highest BCUT2D eigenvalue weighted by atomic mass is 32.1. The Labute approximate surface area is 276 Å². The van der Waals surface area contributed by atoms with Gasteiger partial charge in [-0.3, -0.25) is 19.3 Å². The number of amides is 1. The fraction of sp³-hybridized carbons (Fsp3) is 0.343. The number of ether oxygens (including phenoxy) is 3. The molecule has 2 atom stereocenters. The van der Waals surface area contributed by atoms with Crippen molar-refractivity contribution < 1.29 is 37.0 Å². The van der Waals surface area contributed by atoms with Gasteiger partial charge >= 0.3 is 6.16 Å². The van der Waals surface area contributed by atoms with Gasteiger partial charge in [-0.2, -0.15) is 0 Å². The Morgan fingerprint density at radius 3 is 2.60 bits per heavy atom. The molecular formula is C35H28F3N3O6S. The molecule has 0 spiro atoms. The molecular weight excluding hydrogens is 647 g/mol. The van der Waals surface area contributed by atoms with Crippen molar-refractivity contribution >= 4 is 23.4 Å². The maximum atomic E-state index is 16.0. The van der Waals surface area contributed by atoms with E-state index in [2.05, 4.69) is 4.74 Å². The summed E-state index contributed by atoms with van der Waals surface area (Å²) >= 11 is 1.36. The molecule has 3 aliphatic carbocycles. The van der Waals surface area contributed by atoms with Crippen LogP contribution in [-0.4, -0.2) is 47.7 Å². The zero-order valence-electron chi connectivity index (χ0n) is 25.6. The maximum Gasteiger partial charge on any atom is 0.510 e. The molecule has 48 heavy (non-hydrogen) atoms. The number of pyridine rings is 1. The summed E-state index contributed by atoms with van der Waals surface area (Å²) in [5, 5.41) is 3.74. The molecule has 2 aromatic carbocycles. The number of aromatic nitrogens is 1. The van der Waals surface area contributed by atoms with Crippen LogP contribution in [0.2, 0.25) is 0 Å². The molecule has 9 nitrogen and oxygen atoms in total. The molecule has 2 aromatic heterocycles. The number of carbonyl (C=O) groups is 2. The smallest absolute Gasteiger partial charge is 0.451 e. The number of rotatable bonds is 4. The maximum absolute atomic E-state index is 16.0. The molecule has 246 valence electrons. The molecule has 13 heteroatoms. The summed E-state index contributed by atoms with van der Waals surface area (Å²) in [6.07, 6.45) is 2.63. The highest BCUT2D eigenvalue weighted by Crippen LogP contribution is 2.59. The van der Waals surface area contributed by atoms with Gasteiger partial charge in [0.2, 0.25) is 18.0 Å². The predicted molar refractivity (Wildman–Crippen MR) is 168 cm³/mol. The normalized spacial score (nSPS) is 23.8. The predicted octanol–water partition coefficient (Wildman–Crippen LogP) is 6.55. The number of methoxy groups -OCH3 is 1. The van der Waals surface area contributed by atoms with E-state index >= 15 is 13.2 Å². The SMILES string of the molecule is COC(=O)OCOc1c2n(ccc1=O)N(C1c3ccccc3-c3scc4c3-c3c1ccc(F)c3C(F)(F)C4)C1C3CCC(CC3)N1C2=O. The van der Waals surface area contributed by atoms with Crippen molar-refractivity contribution in [3.8, 4) is 27.3 Å². The van der Waals surface area contributed by atoms with E-state index in [0.717, 1.165) is 54.9 Å². The summed E-state index contributed by atoms with van der Waals surface area (Å²) in [6, 6.07) is 10.7.